The van der Waals surface area contributed by atoms with E-state index < -0.39 is 0 Å². The number of benzene rings is 1. The van der Waals surface area contributed by atoms with Crippen molar-refractivity contribution in [1.29, 1.82) is 0 Å². The molecule has 0 amide bonds. The third-order valence-corrected chi connectivity index (χ3v) is 2.09. The van der Waals surface area contributed by atoms with Crippen molar-refractivity contribution in [3.05, 3.63) is 53.6 Å². The van der Waals surface area contributed by atoms with Crippen molar-refractivity contribution < 1.29 is 0 Å². The number of hydrogen-bond donors (Lipinski definition) is 0. The average molecular weight is 242 g/mol. The van der Waals surface area contributed by atoms with E-state index >= 15 is 0 Å². The monoisotopic (exact) mass is 241 g/mol. The van der Waals surface area contributed by atoms with Gasteiger partial charge in [-0.25, -0.2) is 0 Å². The minimum atomic E-state index is 0.567. The zero-order valence-corrected chi connectivity index (χ0v) is 9.93. The molecule has 0 saturated carbocycles. The van der Waals surface area contributed by atoms with Crippen molar-refractivity contribution in [3.63, 3.8) is 0 Å². The van der Waals surface area contributed by atoms with Crippen molar-refractivity contribution in [2.45, 2.75) is 0 Å². The van der Waals surface area contributed by atoms with Gasteiger partial charge >= 0.3 is 0 Å². The highest BCUT2D eigenvalue weighted by molar-refractivity contribution is 6.30. The molecule has 0 saturated heterocycles. The molecule has 1 aromatic carbocycles. The molecule has 0 N–H and O–H groups in total. The fourth-order valence-electron chi connectivity index (χ4n) is 1.29. The summed E-state index contributed by atoms with van der Waals surface area (Å²) in [6.45, 7) is 8.49. The summed E-state index contributed by atoms with van der Waals surface area (Å²) in [6, 6.07) is 9.90. The minimum absolute atomic E-state index is 0.567. The summed E-state index contributed by atoms with van der Waals surface area (Å²) >= 11 is 11.6. The lowest BCUT2D eigenvalue weighted by Gasteiger charge is -2.23. The van der Waals surface area contributed by atoms with E-state index in [0.29, 0.717) is 23.2 Å². The predicted octanol–water partition coefficient (Wildman–Crippen LogP) is 4.00. The summed E-state index contributed by atoms with van der Waals surface area (Å²) in [5, 5.41) is 1.16. The van der Waals surface area contributed by atoms with Crippen LogP contribution in [0, 0.1) is 0 Å². The van der Waals surface area contributed by atoms with E-state index in [1.807, 2.05) is 35.2 Å². The first kappa shape index (κ1) is 12.2. The molecule has 15 heavy (non-hydrogen) atoms. The standard InChI is InChI=1S/C12H13Cl2N/c1-10(13)8-15(9-11(2)14)12-6-4-3-5-7-12/h3-7H,1-2,8-9H2. The van der Waals surface area contributed by atoms with Crippen LogP contribution in [-0.2, 0) is 0 Å². The first-order valence-electron chi connectivity index (χ1n) is 4.56. The van der Waals surface area contributed by atoms with Crippen LogP contribution >= 0.6 is 23.2 Å². The lowest BCUT2D eigenvalue weighted by Crippen LogP contribution is -2.25. The molecule has 0 unspecified atom stereocenters. The second-order valence-electron chi connectivity index (χ2n) is 3.23. The Morgan fingerprint density at radius 2 is 1.47 bits per heavy atom. The second-order valence-corrected chi connectivity index (χ2v) is 4.30. The molecule has 0 aliphatic carbocycles. The van der Waals surface area contributed by atoms with Gasteiger partial charge in [0.05, 0.1) is 13.1 Å². The zero-order chi connectivity index (χ0) is 11.3. The molecule has 0 fully saturated rings. The molecule has 0 aliphatic heterocycles. The third-order valence-electron chi connectivity index (χ3n) is 1.85. The Morgan fingerprint density at radius 3 is 1.87 bits per heavy atom. The second kappa shape index (κ2) is 5.84. The van der Waals surface area contributed by atoms with Crippen molar-refractivity contribution in [3.8, 4) is 0 Å². The summed E-state index contributed by atoms with van der Waals surface area (Å²) in [6.07, 6.45) is 0. The Kier molecular flexibility index (Phi) is 4.73. The lowest BCUT2D eigenvalue weighted by molar-refractivity contribution is 0.940. The highest BCUT2D eigenvalue weighted by Gasteiger charge is 2.07. The van der Waals surface area contributed by atoms with Crippen LogP contribution in [0.3, 0.4) is 0 Å². The van der Waals surface area contributed by atoms with Crippen LogP contribution in [0.15, 0.2) is 53.6 Å². The average Bonchev–Trinajstić information content (AvgIpc) is 2.17. The van der Waals surface area contributed by atoms with Gasteiger partial charge in [0, 0.05) is 15.8 Å². The van der Waals surface area contributed by atoms with Gasteiger partial charge in [0.1, 0.15) is 0 Å². The van der Waals surface area contributed by atoms with Gasteiger partial charge < -0.3 is 4.90 Å². The maximum atomic E-state index is 5.80. The van der Waals surface area contributed by atoms with E-state index in [-0.39, 0.29) is 0 Å². The Hall–Kier alpha value is -0.920. The van der Waals surface area contributed by atoms with Crippen molar-refractivity contribution >= 4 is 28.9 Å². The first-order valence-corrected chi connectivity index (χ1v) is 5.31. The van der Waals surface area contributed by atoms with Gasteiger partial charge in [-0.05, 0) is 12.1 Å². The molecule has 0 aliphatic rings. The molecule has 0 spiro atoms. The smallest absolute Gasteiger partial charge is 0.0534 e. The SMILES string of the molecule is C=C(Cl)CN(CC(=C)Cl)c1ccccc1. The third kappa shape index (κ3) is 4.41. The molecule has 0 aromatic heterocycles. The van der Waals surface area contributed by atoms with Crippen molar-refractivity contribution in [2.24, 2.45) is 0 Å². The van der Waals surface area contributed by atoms with E-state index in [1.54, 1.807) is 0 Å². The van der Waals surface area contributed by atoms with Gasteiger partial charge in [-0.2, -0.15) is 0 Å². The quantitative estimate of drug-likeness (QED) is 0.754. The zero-order valence-electron chi connectivity index (χ0n) is 8.42. The molecule has 0 heterocycles. The number of para-hydroxylation sites is 1. The van der Waals surface area contributed by atoms with E-state index in [4.69, 9.17) is 23.2 Å². The summed E-state index contributed by atoms with van der Waals surface area (Å²) in [5.41, 5.74) is 1.06. The number of nitrogens with zero attached hydrogens (tertiary/aromatic N) is 1. The van der Waals surface area contributed by atoms with Crippen LogP contribution in [0.4, 0.5) is 5.69 Å². The highest BCUT2D eigenvalue weighted by atomic mass is 35.5. The molecular weight excluding hydrogens is 229 g/mol. The predicted molar refractivity (Wildman–Crippen MR) is 68.6 cm³/mol. The molecular formula is C12H13Cl2N. The van der Waals surface area contributed by atoms with Gasteiger partial charge in [0.2, 0.25) is 0 Å². The van der Waals surface area contributed by atoms with Crippen LogP contribution in [0.5, 0.6) is 0 Å². The molecule has 1 aromatic rings. The molecule has 80 valence electrons. The maximum absolute atomic E-state index is 5.80. The largest absolute Gasteiger partial charge is 0.361 e. The van der Waals surface area contributed by atoms with Crippen LogP contribution < -0.4 is 4.90 Å². The van der Waals surface area contributed by atoms with Crippen molar-refractivity contribution in [1.82, 2.24) is 0 Å². The van der Waals surface area contributed by atoms with Gasteiger partial charge in [0.25, 0.3) is 0 Å². The Balaban J connectivity index is 2.81. The summed E-state index contributed by atoms with van der Waals surface area (Å²) in [4.78, 5) is 2.02. The van der Waals surface area contributed by atoms with Crippen molar-refractivity contribution in [2.75, 3.05) is 18.0 Å². The maximum Gasteiger partial charge on any atom is 0.0534 e. The Labute approximate surface area is 101 Å². The highest BCUT2D eigenvalue weighted by Crippen LogP contribution is 2.17. The number of hydrogen-bond acceptors (Lipinski definition) is 1. The van der Waals surface area contributed by atoms with E-state index in [1.165, 1.54) is 0 Å². The Morgan fingerprint density at radius 1 is 1.00 bits per heavy atom. The summed E-state index contributed by atoms with van der Waals surface area (Å²) < 4.78 is 0. The van der Waals surface area contributed by atoms with E-state index in [2.05, 4.69) is 13.2 Å². The van der Waals surface area contributed by atoms with Gasteiger partial charge in [-0.15, -0.1) is 0 Å². The van der Waals surface area contributed by atoms with Crippen LogP contribution in [0.25, 0.3) is 0 Å². The fraction of sp³-hybridized carbons (Fsp3) is 0.167. The van der Waals surface area contributed by atoms with Gasteiger partial charge in [0.15, 0.2) is 0 Å². The lowest BCUT2D eigenvalue weighted by atomic mass is 10.3. The minimum Gasteiger partial charge on any atom is -0.361 e. The molecule has 0 atom stereocenters. The Bertz CT molecular complexity index is 330. The summed E-state index contributed by atoms with van der Waals surface area (Å²) in [7, 11) is 0. The molecule has 0 bridgehead atoms. The van der Waals surface area contributed by atoms with Gasteiger partial charge in [-0.3, -0.25) is 0 Å². The fourth-order valence-corrected chi connectivity index (χ4v) is 1.58. The van der Waals surface area contributed by atoms with E-state index in [9.17, 15) is 0 Å². The number of rotatable bonds is 5. The normalized spacial score (nSPS) is 9.73. The molecule has 1 nitrogen and oxygen atoms in total. The van der Waals surface area contributed by atoms with Crippen LogP contribution in [0.1, 0.15) is 0 Å². The number of anilines is 1. The van der Waals surface area contributed by atoms with E-state index in [0.717, 1.165) is 5.69 Å². The van der Waals surface area contributed by atoms with Crippen LogP contribution in [0.2, 0.25) is 0 Å². The number of halogens is 2. The molecule has 3 heteroatoms. The van der Waals surface area contributed by atoms with Gasteiger partial charge in [-0.1, -0.05) is 54.6 Å². The molecule has 0 radical (unpaired) electrons. The first-order chi connectivity index (χ1) is 7.09. The summed E-state index contributed by atoms with van der Waals surface area (Å²) in [5.74, 6) is 0. The topological polar surface area (TPSA) is 3.24 Å². The molecule has 1 rings (SSSR count). The van der Waals surface area contributed by atoms with Crippen LogP contribution in [-0.4, -0.2) is 13.1 Å².